The maximum Gasteiger partial charge on any atom is 0.157 e. The molecule has 0 bridgehead atoms. The summed E-state index contributed by atoms with van der Waals surface area (Å²) in [6.07, 6.45) is 0. The summed E-state index contributed by atoms with van der Waals surface area (Å²) >= 11 is 1.78. The fourth-order valence-electron chi connectivity index (χ4n) is 3.64. The highest BCUT2D eigenvalue weighted by Gasteiger charge is 2.13. The van der Waals surface area contributed by atoms with Gasteiger partial charge in [-0.25, -0.2) is 4.98 Å². The molecule has 0 radical (unpaired) electrons. The van der Waals surface area contributed by atoms with Gasteiger partial charge in [-0.3, -0.25) is 5.10 Å². The maximum absolute atomic E-state index is 4.77. The Morgan fingerprint density at radius 2 is 1.67 bits per heavy atom. The van der Waals surface area contributed by atoms with Gasteiger partial charge in [0, 0.05) is 21.0 Å². The third-order valence-electron chi connectivity index (χ3n) is 4.97. The average Bonchev–Trinajstić information content (AvgIpc) is 3.42. The number of benzene rings is 3. The molecule has 6 rings (SSSR count). The van der Waals surface area contributed by atoms with Crippen LogP contribution in [0.4, 0.5) is 0 Å². The highest BCUT2D eigenvalue weighted by atomic mass is 32.1. The Labute approximate surface area is 158 Å². The van der Waals surface area contributed by atoms with Gasteiger partial charge in [0.1, 0.15) is 5.69 Å². The van der Waals surface area contributed by atoms with Crippen LogP contribution in [0.25, 0.3) is 54.7 Å². The molecule has 0 aliphatic rings. The van der Waals surface area contributed by atoms with Gasteiger partial charge in [-0.2, -0.15) is 5.10 Å². The van der Waals surface area contributed by atoms with Gasteiger partial charge >= 0.3 is 0 Å². The average molecular weight is 366 g/mol. The van der Waals surface area contributed by atoms with Crippen LogP contribution in [0.5, 0.6) is 0 Å². The Bertz CT molecular complexity index is 1360. The molecule has 0 unspecified atom stereocenters. The van der Waals surface area contributed by atoms with Crippen LogP contribution in [0.3, 0.4) is 0 Å². The van der Waals surface area contributed by atoms with Crippen molar-refractivity contribution in [3.63, 3.8) is 0 Å². The first-order chi connectivity index (χ1) is 13.4. The summed E-state index contributed by atoms with van der Waals surface area (Å²) in [7, 11) is 0. The third-order valence-corrected chi connectivity index (χ3v) is 5.94. The number of rotatable bonds is 2. The Balaban J connectivity index is 1.51. The highest BCUT2D eigenvalue weighted by Crippen LogP contribution is 2.35. The van der Waals surface area contributed by atoms with Crippen molar-refractivity contribution in [3.05, 3.63) is 72.1 Å². The van der Waals surface area contributed by atoms with Crippen LogP contribution in [0.1, 0.15) is 0 Å². The molecule has 5 heteroatoms. The van der Waals surface area contributed by atoms with Crippen LogP contribution in [-0.4, -0.2) is 20.2 Å². The summed E-state index contributed by atoms with van der Waals surface area (Å²) in [4.78, 5) is 8.23. The van der Waals surface area contributed by atoms with E-state index in [9.17, 15) is 0 Å². The molecule has 6 aromatic rings. The number of aromatic amines is 2. The lowest BCUT2D eigenvalue weighted by molar-refractivity contribution is 1.11. The Kier molecular flexibility index (Phi) is 3.01. The van der Waals surface area contributed by atoms with E-state index < -0.39 is 0 Å². The predicted octanol–water partition coefficient (Wildman–Crippen LogP) is 5.99. The van der Waals surface area contributed by atoms with E-state index in [-0.39, 0.29) is 0 Å². The minimum absolute atomic E-state index is 0.811. The van der Waals surface area contributed by atoms with E-state index >= 15 is 0 Å². The number of para-hydroxylation sites is 1. The van der Waals surface area contributed by atoms with E-state index in [2.05, 4.69) is 69.1 Å². The number of thiophene rings is 1. The lowest BCUT2D eigenvalue weighted by atomic mass is 10.0. The SMILES string of the molecule is c1ccc2c(-c3nc4ccc(-c5csc6ccccc56)cc4[nH]3)[nH]nc2c1. The molecule has 0 saturated heterocycles. The van der Waals surface area contributed by atoms with Gasteiger partial charge in [-0.1, -0.05) is 42.5 Å². The van der Waals surface area contributed by atoms with Crippen molar-refractivity contribution in [3.8, 4) is 22.6 Å². The molecule has 0 aliphatic carbocycles. The molecule has 4 nitrogen and oxygen atoms in total. The molecule has 128 valence electrons. The Hall–Kier alpha value is -3.44. The highest BCUT2D eigenvalue weighted by molar-refractivity contribution is 7.17. The van der Waals surface area contributed by atoms with Crippen molar-refractivity contribution in [2.24, 2.45) is 0 Å². The first-order valence-corrected chi connectivity index (χ1v) is 9.65. The Morgan fingerprint density at radius 3 is 2.63 bits per heavy atom. The Morgan fingerprint density at radius 1 is 0.815 bits per heavy atom. The number of H-pyrrole nitrogens is 2. The van der Waals surface area contributed by atoms with E-state index in [1.807, 2.05) is 18.2 Å². The van der Waals surface area contributed by atoms with Crippen LogP contribution in [0.2, 0.25) is 0 Å². The fourth-order valence-corrected chi connectivity index (χ4v) is 4.61. The maximum atomic E-state index is 4.77. The summed E-state index contributed by atoms with van der Waals surface area (Å²) in [5.74, 6) is 0.811. The number of nitrogens with one attached hydrogen (secondary N) is 2. The van der Waals surface area contributed by atoms with Crippen molar-refractivity contribution in [2.45, 2.75) is 0 Å². The number of hydrogen-bond acceptors (Lipinski definition) is 3. The third kappa shape index (κ3) is 2.22. The number of hydrogen-bond donors (Lipinski definition) is 2. The lowest BCUT2D eigenvalue weighted by Crippen LogP contribution is -1.80. The van der Waals surface area contributed by atoms with Gasteiger partial charge in [0.05, 0.1) is 16.6 Å². The van der Waals surface area contributed by atoms with Gasteiger partial charge in [-0.05, 0) is 35.2 Å². The van der Waals surface area contributed by atoms with Crippen LogP contribution < -0.4 is 0 Å². The second-order valence-corrected chi connectivity index (χ2v) is 7.49. The number of aromatic nitrogens is 4. The summed E-state index contributed by atoms with van der Waals surface area (Å²) in [5.41, 5.74) is 6.30. The quantitative estimate of drug-likeness (QED) is 0.395. The van der Waals surface area contributed by atoms with Crippen molar-refractivity contribution < 1.29 is 0 Å². The first-order valence-electron chi connectivity index (χ1n) is 8.77. The standard InChI is InChI=1S/C22H14N4S/c1-3-7-17-15(6-1)21(26-25-17)22-23-18-10-9-13(11-19(18)24-22)16-12-27-20-8-4-2-5-14(16)20/h1-12H,(H,23,24)(H,25,26). The largest absolute Gasteiger partial charge is 0.337 e. The monoisotopic (exact) mass is 366 g/mol. The van der Waals surface area contributed by atoms with E-state index in [0.717, 1.165) is 33.5 Å². The molecule has 0 atom stereocenters. The number of nitrogens with zero attached hydrogens (tertiary/aromatic N) is 2. The van der Waals surface area contributed by atoms with E-state index in [0.29, 0.717) is 0 Å². The molecule has 2 N–H and O–H groups in total. The van der Waals surface area contributed by atoms with Gasteiger partial charge in [0.2, 0.25) is 0 Å². The van der Waals surface area contributed by atoms with Gasteiger partial charge in [0.15, 0.2) is 5.82 Å². The smallest absolute Gasteiger partial charge is 0.157 e. The number of imidazole rings is 1. The normalized spacial score (nSPS) is 11.7. The fraction of sp³-hybridized carbons (Fsp3) is 0. The minimum atomic E-state index is 0.811. The molecule has 3 heterocycles. The molecule has 0 amide bonds. The molecule has 0 spiro atoms. The van der Waals surface area contributed by atoms with Crippen molar-refractivity contribution in [1.82, 2.24) is 20.2 Å². The van der Waals surface area contributed by atoms with E-state index in [1.54, 1.807) is 11.3 Å². The summed E-state index contributed by atoms with van der Waals surface area (Å²) in [6, 6.07) is 23.0. The van der Waals surface area contributed by atoms with Gasteiger partial charge in [-0.15, -0.1) is 11.3 Å². The van der Waals surface area contributed by atoms with Crippen molar-refractivity contribution in [2.75, 3.05) is 0 Å². The van der Waals surface area contributed by atoms with Gasteiger partial charge < -0.3 is 4.98 Å². The first kappa shape index (κ1) is 14.7. The van der Waals surface area contributed by atoms with Crippen LogP contribution in [-0.2, 0) is 0 Å². The van der Waals surface area contributed by atoms with Crippen LogP contribution in [0, 0.1) is 0 Å². The molecule has 0 aliphatic heterocycles. The van der Waals surface area contributed by atoms with E-state index in [4.69, 9.17) is 4.98 Å². The summed E-state index contributed by atoms with van der Waals surface area (Å²) in [6.45, 7) is 0. The van der Waals surface area contributed by atoms with Crippen LogP contribution >= 0.6 is 11.3 Å². The zero-order valence-electron chi connectivity index (χ0n) is 14.2. The predicted molar refractivity (Wildman–Crippen MR) is 112 cm³/mol. The molecule has 0 fully saturated rings. The summed E-state index contributed by atoms with van der Waals surface area (Å²) in [5, 5.41) is 12.1. The summed E-state index contributed by atoms with van der Waals surface area (Å²) < 4.78 is 1.31. The zero-order chi connectivity index (χ0) is 17.8. The molecule has 27 heavy (non-hydrogen) atoms. The molecule has 3 aromatic heterocycles. The number of fused-ring (bicyclic) bond motifs is 3. The van der Waals surface area contributed by atoms with Gasteiger partial charge in [0.25, 0.3) is 0 Å². The molecule has 3 aromatic carbocycles. The molecular weight excluding hydrogens is 352 g/mol. The second-order valence-electron chi connectivity index (χ2n) is 6.58. The molecular formula is C22H14N4S. The van der Waals surface area contributed by atoms with Crippen molar-refractivity contribution in [1.29, 1.82) is 0 Å². The van der Waals surface area contributed by atoms with E-state index in [1.165, 1.54) is 21.2 Å². The van der Waals surface area contributed by atoms with Crippen molar-refractivity contribution >= 4 is 43.4 Å². The second kappa shape index (κ2) is 5.53. The lowest BCUT2D eigenvalue weighted by Gasteiger charge is -2.00. The molecule has 0 saturated carbocycles. The van der Waals surface area contributed by atoms with Crippen LogP contribution in [0.15, 0.2) is 72.1 Å². The zero-order valence-corrected chi connectivity index (χ0v) is 15.0. The minimum Gasteiger partial charge on any atom is -0.337 e. The topological polar surface area (TPSA) is 57.4 Å².